The van der Waals surface area contributed by atoms with E-state index in [0.717, 1.165) is 6.54 Å². The molecule has 0 aromatic heterocycles. The molecule has 0 saturated heterocycles. The third-order valence-corrected chi connectivity index (χ3v) is 0.483. The van der Waals surface area contributed by atoms with Gasteiger partial charge in [-0.3, -0.25) is 4.99 Å². The fourth-order valence-electron chi connectivity index (χ4n) is 0.227. The highest BCUT2D eigenvalue weighted by atomic mass is 14.9. The Bertz CT molecular complexity index is 68.0. The molecule has 0 atom stereocenters. The van der Waals surface area contributed by atoms with Crippen LogP contribution in [0.15, 0.2) is 17.6 Å². The van der Waals surface area contributed by atoms with Crippen LogP contribution in [0, 0.1) is 0 Å². The summed E-state index contributed by atoms with van der Waals surface area (Å²) in [5.74, 6) is 0. The quantitative estimate of drug-likeness (QED) is 0.290. The summed E-state index contributed by atoms with van der Waals surface area (Å²) < 4.78 is 0. The van der Waals surface area contributed by atoms with E-state index in [1.165, 1.54) is 0 Å². The Balaban J connectivity index is -0.000000138. The molecule has 0 fully saturated rings. The van der Waals surface area contributed by atoms with Gasteiger partial charge in [-0.25, -0.2) is 0 Å². The Kier molecular flexibility index (Phi) is 53.0. The van der Waals surface area contributed by atoms with Gasteiger partial charge in [0, 0.05) is 13.6 Å². The molecular weight excluding hydrogens is 136 g/mol. The van der Waals surface area contributed by atoms with Crippen molar-refractivity contribution in [1.29, 1.82) is 0 Å². The maximum atomic E-state index is 3.69. The van der Waals surface area contributed by atoms with Crippen LogP contribution in [-0.2, 0) is 0 Å². The molecule has 0 rings (SSSR count). The van der Waals surface area contributed by atoms with Crippen LogP contribution in [0.2, 0.25) is 0 Å². The van der Waals surface area contributed by atoms with E-state index in [-0.39, 0.29) is 0 Å². The molecule has 2 heteroatoms. The SMILES string of the molecule is C=CCNC=NC.CC.CC. The van der Waals surface area contributed by atoms with Gasteiger partial charge in [0.1, 0.15) is 0 Å². The minimum Gasteiger partial charge on any atom is -0.373 e. The van der Waals surface area contributed by atoms with Crippen molar-refractivity contribution in [1.82, 2.24) is 5.32 Å². The summed E-state index contributed by atoms with van der Waals surface area (Å²) in [6.07, 6.45) is 3.42. The van der Waals surface area contributed by atoms with Gasteiger partial charge in [0.2, 0.25) is 0 Å². The predicted molar refractivity (Wildman–Crippen MR) is 55.3 cm³/mol. The van der Waals surface area contributed by atoms with E-state index in [9.17, 15) is 0 Å². The van der Waals surface area contributed by atoms with Crippen LogP contribution >= 0.6 is 0 Å². The van der Waals surface area contributed by atoms with Crippen LogP contribution < -0.4 is 5.32 Å². The number of hydrogen-bond donors (Lipinski definition) is 1. The third-order valence-electron chi connectivity index (χ3n) is 0.483. The van der Waals surface area contributed by atoms with E-state index in [1.807, 2.05) is 27.7 Å². The Morgan fingerprint density at radius 3 is 2.00 bits per heavy atom. The van der Waals surface area contributed by atoms with Crippen LogP contribution in [0.1, 0.15) is 27.7 Å². The van der Waals surface area contributed by atoms with E-state index < -0.39 is 0 Å². The average Bonchev–Trinajstić information content (AvgIpc) is 2.13. The second-order valence-electron chi connectivity index (χ2n) is 1.08. The van der Waals surface area contributed by atoms with Gasteiger partial charge in [-0.05, 0) is 0 Å². The first kappa shape index (κ1) is 16.7. The zero-order valence-electron chi connectivity index (χ0n) is 8.52. The minimum atomic E-state index is 0.789. The van der Waals surface area contributed by atoms with Crippen LogP contribution in [0.4, 0.5) is 0 Å². The minimum absolute atomic E-state index is 0.789. The van der Waals surface area contributed by atoms with Gasteiger partial charge in [-0.15, -0.1) is 6.58 Å². The molecule has 68 valence electrons. The molecule has 0 aromatic rings. The van der Waals surface area contributed by atoms with Crippen LogP contribution in [0.3, 0.4) is 0 Å². The molecule has 0 unspecified atom stereocenters. The highest BCUT2D eigenvalue weighted by Gasteiger charge is 1.63. The van der Waals surface area contributed by atoms with Crippen molar-refractivity contribution in [2.45, 2.75) is 27.7 Å². The van der Waals surface area contributed by atoms with Crippen molar-refractivity contribution in [3.05, 3.63) is 12.7 Å². The van der Waals surface area contributed by atoms with E-state index in [0.29, 0.717) is 0 Å². The number of nitrogens with one attached hydrogen (secondary N) is 1. The second-order valence-corrected chi connectivity index (χ2v) is 1.08. The van der Waals surface area contributed by atoms with Crippen molar-refractivity contribution in [2.24, 2.45) is 4.99 Å². The lowest BCUT2D eigenvalue weighted by atomic mass is 10.6. The van der Waals surface area contributed by atoms with E-state index in [1.54, 1.807) is 19.5 Å². The molecule has 0 spiro atoms. The van der Waals surface area contributed by atoms with Gasteiger partial charge in [0.25, 0.3) is 0 Å². The summed E-state index contributed by atoms with van der Waals surface area (Å²) in [6.45, 7) is 12.3. The van der Waals surface area contributed by atoms with E-state index in [2.05, 4.69) is 16.9 Å². The van der Waals surface area contributed by atoms with Crippen LogP contribution in [-0.4, -0.2) is 19.9 Å². The summed E-state index contributed by atoms with van der Waals surface area (Å²) in [4.78, 5) is 3.69. The van der Waals surface area contributed by atoms with Gasteiger partial charge in [-0.2, -0.15) is 0 Å². The molecule has 0 amide bonds. The number of aliphatic imine (C=N–C) groups is 1. The molecular formula is C9H22N2. The molecule has 0 saturated carbocycles. The summed E-state index contributed by atoms with van der Waals surface area (Å²) in [6, 6.07) is 0. The maximum Gasteiger partial charge on any atom is 0.0822 e. The molecule has 11 heavy (non-hydrogen) atoms. The Labute approximate surface area is 71.4 Å². The average molecular weight is 158 g/mol. The first-order chi connectivity index (χ1) is 5.41. The van der Waals surface area contributed by atoms with Gasteiger partial charge in [0.05, 0.1) is 6.34 Å². The van der Waals surface area contributed by atoms with Crippen molar-refractivity contribution in [2.75, 3.05) is 13.6 Å². The van der Waals surface area contributed by atoms with Gasteiger partial charge >= 0.3 is 0 Å². The molecule has 1 N–H and O–H groups in total. The molecule has 0 aliphatic rings. The standard InChI is InChI=1S/C5H10N2.2C2H6/c1-3-4-7-5-6-2;2*1-2/h3,5H,1,4H2,2H3,(H,6,7);2*1-2H3. The molecule has 0 heterocycles. The topological polar surface area (TPSA) is 24.4 Å². The van der Waals surface area contributed by atoms with E-state index in [4.69, 9.17) is 0 Å². The highest BCUT2D eigenvalue weighted by Crippen LogP contribution is 1.53. The molecule has 0 aliphatic carbocycles. The summed E-state index contributed by atoms with van der Waals surface area (Å²) in [5, 5.41) is 2.88. The van der Waals surface area contributed by atoms with Gasteiger partial charge in [0.15, 0.2) is 0 Å². The van der Waals surface area contributed by atoms with Crippen molar-refractivity contribution in [3.8, 4) is 0 Å². The molecule has 0 aliphatic heterocycles. The van der Waals surface area contributed by atoms with E-state index >= 15 is 0 Å². The molecule has 0 radical (unpaired) electrons. The number of hydrogen-bond acceptors (Lipinski definition) is 1. The number of rotatable bonds is 3. The first-order valence-corrected chi connectivity index (χ1v) is 4.16. The summed E-state index contributed by atoms with van der Waals surface area (Å²) >= 11 is 0. The monoisotopic (exact) mass is 158 g/mol. The second kappa shape index (κ2) is 35.0. The summed E-state index contributed by atoms with van der Waals surface area (Å²) in [5.41, 5.74) is 0. The summed E-state index contributed by atoms with van der Waals surface area (Å²) in [7, 11) is 1.72. The van der Waals surface area contributed by atoms with Crippen molar-refractivity contribution < 1.29 is 0 Å². The van der Waals surface area contributed by atoms with Crippen LogP contribution in [0.25, 0.3) is 0 Å². The Morgan fingerprint density at radius 1 is 1.27 bits per heavy atom. The zero-order valence-corrected chi connectivity index (χ0v) is 8.52. The first-order valence-electron chi connectivity index (χ1n) is 4.16. The van der Waals surface area contributed by atoms with Crippen LogP contribution in [0.5, 0.6) is 0 Å². The number of nitrogens with zero attached hydrogens (tertiary/aromatic N) is 1. The highest BCUT2D eigenvalue weighted by molar-refractivity contribution is 5.53. The lowest BCUT2D eigenvalue weighted by Gasteiger charge is -1.86. The predicted octanol–water partition coefficient (Wildman–Crippen LogP) is 2.47. The van der Waals surface area contributed by atoms with Crippen molar-refractivity contribution >= 4 is 6.34 Å². The third kappa shape index (κ3) is 46.5. The normalized spacial score (nSPS) is 7.00. The zero-order chi connectivity index (χ0) is 9.54. The lowest BCUT2D eigenvalue weighted by Crippen LogP contribution is -2.09. The van der Waals surface area contributed by atoms with Gasteiger partial charge < -0.3 is 5.32 Å². The smallest absolute Gasteiger partial charge is 0.0822 e. The molecule has 0 aromatic carbocycles. The Morgan fingerprint density at radius 2 is 1.73 bits per heavy atom. The largest absolute Gasteiger partial charge is 0.373 e. The fourth-order valence-corrected chi connectivity index (χ4v) is 0.227. The molecule has 0 bridgehead atoms. The fraction of sp³-hybridized carbons (Fsp3) is 0.667. The van der Waals surface area contributed by atoms with Gasteiger partial charge in [-0.1, -0.05) is 33.8 Å². The molecule has 2 nitrogen and oxygen atoms in total. The Hall–Kier alpha value is -0.790. The maximum absolute atomic E-state index is 3.69. The van der Waals surface area contributed by atoms with Crippen molar-refractivity contribution in [3.63, 3.8) is 0 Å². The lowest BCUT2D eigenvalue weighted by molar-refractivity contribution is 1.07.